The van der Waals surface area contributed by atoms with Crippen molar-refractivity contribution >= 4 is 17.7 Å². The third-order valence-electron chi connectivity index (χ3n) is 4.20. The highest BCUT2D eigenvalue weighted by Crippen LogP contribution is 2.24. The van der Waals surface area contributed by atoms with Gasteiger partial charge in [-0.1, -0.05) is 42.1 Å². The molecule has 28 heavy (non-hydrogen) atoms. The molecule has 1 aromatic heterocycles. The highest BCUT2D eigenvalue weighted by atomic mass is 32.2. The Bertz CT molecular complexity index is 969. The third kappa shape index (κ3) is 4.86. The molecule has 7 heteroatoms. The summed E-state index contributed by atoms with van der Waals surface area (Å²) >= 11 is 1.31. The Balaban J connectivity index is 1.65. The number of aromatic nitrogens is 3. The number of hydrogen-bond donors (Lipinski definition) is 1. The van der Waals surface area contributed by atoms with Gasteiger partial charge in [0.25, 0.3) is 0 Å². The molecule has 3 rings (SSSR count). The molecule has 0 atom stereocenters. The number of amides is 1. The molecule has 0 spiro atoms. The van der Waals surface area contributed by atoms with Crippen molar-refractivity contribution < 1.29 is 9.18 Å². The molecule has 5 nitrogen and oxygen atoms in total. The second-order valence-electron chi connectivity index (χ2n) is 6.20. The number of aryl methyl sites for hydroxylation is 1. The zero-order chi connectivity index (χ0) is 19.9. The van der Waals surface area contributed by atoms with Gasteiger partial charge in [-0.15, -0.1) is 16.8 Å². The van der Waals surface area contributed by atoms with E-state index in [4.69, 9.17) is 0 Å². The van der Waals surface area contributed by atoms with Crippen LogP contribution in [-0.2, 0) is 17.9 Å². The second-order valence-corrected chi connectivity index (χ2v) is 7.15. The number of carbonyl (C=O) groups excluding carboxylic acids is 1. The first-order valence-corrected chi connectivity index (χ1v) is 9.81. The van der Waals surface area contributed by atoms with Crippen LogP contribution in [0.15, 0.2) is 66.3 Å². The number of nitrogens with one attached hydrogen (secondary N) is 1. The van der Waals surface area contributed by atoms with Crippen LogP contribution in [0.3, 0.4) is 0 Å². The first-order chi connectivity index (χ1) is 13.6. The summed E-state index contributed by atoms with van der Waals surface area (Å²) in [6.07, 6.45) is 1.73. The maximum atomic E-state index is 13.2. The number of thioether (sulfide) groups is 1. The molecule has 0 radical (unpaired) electrons. The van der Waals surface area contributed by atoms with Crippen LogP contribution in [0.4, 0.5) is 4.39 Å². The van der Waals surface area contributed by atoms with Gasteiger partial charge in [0.05, 0.1) is 5.75 Å². The first-order valence-electron chi connectivity index (χ1n) is 8.82. The van der Waals surface area contributed by atoms with Crippen molar-refractivity contribution in [1.29, 1.82) is 0 Å². The average molecular weight is 396 g/mol. The van der Waals surface area contributed by atoms with Crippen molar-refractivity contribution in [3.63, 3.8) is 0 Å². The lowest BCUT2D eigenvalue weighted by atomic mass is 10.1. The van der Waals surface area contributed by atoms with Gasteiger partial charge in [0.15, 0.2) is 11.0 Å². The molecule has 0 aliphatic carbocycles. The van der Waals surface area contributed by atoms with Gasteiger partial charge in [-0.05, 0) is 42.3 Å². The first kappa shape index (κ1) is 19.8. The zero-order valence-electron chi connectivity index (χ0n) is 15.6. The lowest BCUT2D eigenvalue weighted by molar-refractivity contribution is -0.118. The predicted molar refractivity (Wildman–Crippen MR) is 109 cm³/mol. The minimum atomic E-state index is -0.307. The van der Waals surface area contributed by atoms with E-state index < -0.39 is 0 Å². The highest BCUT2D eigenvalue weighted by molar-refractivity contribution is 7.99. The monoisotopic (exact) mass is 396 g/mol. The predicted octanol–water partition coefficient (Wildman–Crippen LogP) is 3.99. The smallest absolute Gasteiger partial charge is 0.230 e. The number of rotatable bonds is 8. The summed E-state index contributed by atoms with van der Waals surface area (Å²) in [5.74, 6) is 0.454. The summed E-state index contributed by atoms with van der Waals surface area (Å²) in [5, 5.41) is 11.9. The minimum absolute atomic E-state index is 0.0789. The topological polar surface area (TPSA) is 59.8 Å². The van der Waals surface area contributed by atoms with E-state index in [-0.39, 0.29) is 17.5 Å². The normalized spacial score (nSPS) is 10.6. The fourth-order valence-electron chi connectivity index (χ4n) is 2.69. The molecule has 0 saturated heterocycles. The van der Waals surface area contributed by atoms with Gasteiger partial charge >= 0.3 is 0 Å². The lowest BCUT2D eigenvalue weighted by Crippen LogP contribution is -2.25. The van der Waals surface area contributed by atoms with Gasteiger partial charge in [-0.3, -0.25) is 9.36 Å². The molecule has 0 unspecified atom stereocenters. The molecule has 0 aliphatic rings. The maximum Gasteiger partial charge on any atom is 0.230 e. The van der Waals surface area contributed by atoms with Crippen molar-refractivity contribution in [1.82, 2.24) is 20.1 Å². The van der Waals surface area contributed by atoms with E-state index in [9.17, 15) is 9.18 Å². The number of nitrogens with zero attached hydrogens (tertiary/aromatic N) is 3. The van der Waals surface area contributed by atoms with E-state index in [2.05, 4.69) is 22.1 Å². The summed E-state index contributed by atoms with van der Waals surface area (Å²) in [7, 11) is 0. The van der Waals surface area contributed by atoms with Crippen molar-refractivity contribution in [3.05, 3.63) is 78.1 Å². The molecule has 0 fully saturated rings. The van der Waals surface area contributed by atoms with Crippen LogP contribution in [0.25, 0.3) is 11.4 Å². The molecule has 144 valence electrons. The van der Waals surface area contributed by atoms with Crippen LogP contribution in [0.5, 0.6) is 0 Å². The fourth-order valence-corrected chi connectivity index (χ4v) is 3.46. The largest absolute Gasteiger partial charge is 0.351 e. The van der Waals surface area contributed by atoms with Crippen molar-refractivity contribution in [2.24, 2.45) is 0 Å². The highest BCUT2D eigenvalue weighted by Gasteiger charge is 2.15. The van der Waals surface area contributed by atoms with E-state index in [1.165, 1.54) is 23.9 Å². The van der Waals surface area contributed by atoms with E-state index in [1.54, 1.807) is 18.2 Å². The Kier molecular flexibility index (Phi) is 6.60. The number of carbonyl (C=O) groups is 1. The maximum absolute atomic E-state index is 13.2. The second kappa shape index (κ2) is 9.32. The molecule has 0 saturated carbocycles. The molecule has 0 bridgehead atoms. The van der Waals surface area contributed by atoms with E-state index in [0.717, 1.165) is 16.7 Å². The molecule has 1 amide bonds. The Labute approximate surface area is 167 Å². The Hall–Kier alpha value is -2.93. The standard InChI is InChI=1S/C21H21FN4OS/c1-3-12-26-20(16-8-10-18(22)11-9-16)24-25-21(26)28-14-19(27)23-13-17-7-5-4-6-15(17)2/h3-11H,1,12-14H2,2H3,(H,23,27). The molecule has 1 heterocycles. The van der Waals surface area contributed by atoms with E-state index in [1.807, 2.05) is 35.8 Å². The average Bonchev–Trinajstić information content (AvgIpc) is 3.09. The van der Waals surface area contributed by atoms with Gasteiger partial charge in [-0.2, -0.15) is 0 Å². The number of halogens is 1. The Morgan fingerprint density at radius 3 is 2.68 bits per heavy atom. The molecule has 1 N–H and O–H groups in total. The SMILES string of the molecule is C=CCn1c(SCC(=O)NCc2ccccc2C)nnc1-c1ccc(F)cc1. The minimum Gasteiger partial charge on any atom is -0.351 e. The van der Waals surface area contributed by atoms with Gasteiger partial charge < -0.3 is 5.32 Å². The molecular formula is C21H21FN4OS. The summed E-state index contributed by atoms with van der Waals surface area (Å²) in [4.78, 5) is 12.2. The lowest BCUT2D eigenvalue weighted by Gasteiger charge is -2.09. The summed E-state index contributed by atoms with van der Waals surface area (Å²) in [6, 6.07) is 14.0. The Morgan fingerprint density at radius 2 is 1.96 bits per heavy atom. The van der Waals surface area contributed by atoms with Crippen LogP contribution >= 0.6 is 11.8 Å². The number of hydrogen-bond acceptors (Lipinski definition) is 4. The van der Waals surface area contributed by atoms with Crippen LogP contribution in [0.2, 0.25) is 0 Å². The van der Waals surface area contributed by atoms with Crippen LogP contribution in [0, 0.1) is 12.7 Å². The molecular weight excluding hydrogens is 375 g/mol. The summed E-state index contributed by atoms with van der Waals surface area (Å²) in [6.45, 7) is 6.77. The molecule has 2 aromatic carbocycles. The quantitative estimate of drug-likeness (QED) is 0.462. The van der Waals surface area contributed by atoms with E-state index in [0.29, 0.717) is 24.1 Å². The number of allylic oxidation sites excluding steroid dienone is 1. The van der Waals surface area contributed by atoms with Crippen LogP contribution < -0.4 is 5.32 Å². The van der Waals surface area contributed by atoms with Gasteiger partial charge in [0.1, 0.15) is 5.82 Å². The van der Waals surface area contributed by atoms with Crippen LogP contribution in [0.1, 0.15) is 11.1 Å². The summed E-state index contributed by atoms with van der Waals surface area (Å²) in [5.41, 5.74) is 2.99. The van der Waals surface area contributed by atoms with Crippen molar-refractivity contribution in [2.75, 3.05) is 5.75 Å². The molecule has 0 aliphatic heterocycles. The van der Waals surface area contributed by atoms with Gasteiger partial charge in [0, 0.05) is 18.7 Å². The third-order valence-corrected chi connectivity index (χ3v) is 5.17. The van der Waals surface area contributed by atoms with Gasteiger partial charge in [-0.25, -0.2) is 4.39 Å². The van der Waals surface area contributed by atoms with Crippen LogP contribution in [-0.4, -0.2) is 26.4 Å². The van der Waals surface area contributed by atoms with Crippen molar-refractivity contribution in [2.45, 2.75) is 25.2 Å². The Morgan fingerprint density at radius 1 is 1.21 bits per heavy atom. The van der Waals surface area contributed by atoms with E-state index >= 15 is 0 Å². The van der Waals surface area contributed by atoms with Gasteiger partial charge in [0.2, 0.25) is 5.91 Å². The zero-order valence-corrected chi connectivity index (χ0v) is 16.4. The number of benzene rings is 2. The molecule has 3 aromatic rings. The summed E-state index contributed by atoms with van der Waals surface area (Å²) < 4.78 is 15.0. The fraction of sp³-hybridized carbons (Fsp3) is 0.190. The van der Waals surface area contributed by atoms with Crippen molar-refractivity contribution in [3.8, 4) is 11.4 Å².